The molecule has 0 unspecified atom stereocenters. The lowest BCUT2D eigenvalue weighted by molar-refractivity contribution is -0.130. The molecule has 1 saturated heterocycles. The lowest BCUT2D eigenvalue weighted by Crippen LogP contribution is -2.42. The van der Waals surface area contributed by atoms with E-state index in [0.717, 1.165) is 29.1 Å². The third-order valence-corrected chi connectivity index (χ3v) is 10.6. The van der Waals surface area contributed by atoms with Gasteiger partial charge in [0.15, 0.2) is 15.0 Å². The van der Waals surface area contributed by atoms with Gasteiger partial charge in [-0.05, 0) is 70.6 Å². The van der Waals surface area contributed by atoms with Crippen LogP contribution in [0.2, 0.25) is 0 Å². The molecule has 2 aliphatic carbocycles. The minimum atomic E-state index is -3.01. The number of aryl methyl sites for hydroxylation is 1. The van der Waals surface area contributed by atoms with E-state index >= 15 is 0 Å². The third kappa shape index (κ3) is 4.70. The number of fused-ring (bicyclic) bond motifs is 2. The van der Waals surface area contributed by atoms with Gasteiger partial charge in [-0.15, -0.1) is 0 Å². The maximum atomic E-state index is 13.1. The molecule has 2 saturated carbocycles. The maximum absolute atomic E-state index is 13.1. The van der Waals surface area contributed by atoms with E-state index in [2.05, 4.69) is 25.3 Å². The number of hydrogen-bond acceptors (Lipinski definition) is 5. The predicted molar refractivity (Wildman–Crippen MR) is 125 cm³/mol. The SMILES string of the molecule is CCCN(C(=O)CSc1nc(C)c(C)n1[C@H](C)[C@H]1C[C@H]2CC[C@H]1C2)[C@H]1CCS(=O)(=O)C1. The molecule has 3 fully saturated rings. The van der Waals surface area contributed by atoms with Gasteiger partial charge in [0.05, 0.1) is 23.0 Å². The van der Waals surface area contributed by atoms with Crippen molar-refractivity contribution < 1.29 is 13.2 Å². The van der Waals surface area contributed by atoms with Crippen molar-refractivity contribution in [3.63, 3.8) is 0 Å². The molecule has 2 heterocycles. The highest BCUT2D eigenvalue weighted by molar-refractivity contribution is 7.99. The van der Waals surface area contributed by atoms with Gasteiger partial charge < -0.3 is 9.47 Å². The molecule has 0 radical (unpaired) electrons. The smallest absolute Gasteiger partial charge is 0.233 e. The fourth-order valence-corrected chi connectivity index (χ4v) is 9.03. The van der Waals surface area contributed by atoms with Gasteiger partial charge in [-0.25, -0.2) is 13.4 Å². The van der Waals surface area contributed by atoms with Crippen LogP contribution in [0.25, 0.3) is 0 Å². The van der Waals surface area contributed by atoms with Gasteiger partial charge in [0, 0.05) is 24.3 Å². The number of sulfone groups is 1. The molecule has 2 bridgehead atoms. The Hall–Kier alpha value is -1.02. The van der Waals surface area contributed by atoms with Gasteiger partial charge in [-0.3, -0.25) is 4.79 Å². The molecule has 1 aromatic rings. The molecule has 1 amide bonds. The van der Waals surface area contributed by atoms with Crippen LogP contribution in [0.15, 0.2) is 5.16 Å². The first-order valence-electron chi connectivity index (χ1n) is 11.9. The Morgan fingerprint density at radius 1 is 1.26 bits per heavy atom. The van der Waals surface area contributed by atoms with E-state index in [1.807, 2.05) is 11.8 Å². The van der Waals surface area contributed by atoms with E-state index in [0.29, 0.717) is 30.7 Å². The second-order valence-electron chi connectivity index (χ2n) is 9.95. The summed E-state index contributed by atoms with van der Waals surface area (Å²) in [6.07, 6.45) is 6.87. The molecular formula is C23H37N3O3S2. The molecular weight excluding hydrogens is 430 g/mol. The Morgan fingerprint density at radius 3 is 2.61 bits per heavy atom. The number of thioether (sulfide) groups is 1. The summed E-state index contributed by atoms with van der Waals surface area (Å²) in [5.41, 5.74) is 2.25. The number of amides is 1. The fraction of sp³-hybridized carbons (Fsp3) is 0.826. The average molecular weight is 468 g/mol. The first-order valence-corrected chi connectivity index (χ1v) is 14.7. The second kappa shape index (κ2) is 9.08. The molecule has 0 spiro atoms. The molecule has 174 valence electrons. The summed E-state index contributed by atoms with van der Waals surface area (Å²) in [6.45, 7) is 9.18. The number of hydrogen-bond donors (Lipinski definition) is 0. The van der Waals surface area contributed by atoms with Crippen LogP contribution < -0.4 is 0 Å². The third-order valence-electron chi connectivity index (χ3n) is 7.93. The van der Waals surface area contributed by atoms with Crippen molar-refractivity contribution in [3.05, 3.63) is 11.4 Å². The van der Waals surface area contributed by atoms with Crippen LogP contribution in [0.5, 0.6) is 0 Å². The van der Waals surface area contributed by atoms with Crippen molar-refractivity contribution in [2.75, 3.05) is 23.8 Å². The van der Waals surface area contributed by atoms with Crippen molar-refractivity contribution in [1.82, 2.24) is 14.5 Å². The zero-order valence-electron chi connectivity index (χ0n) is 19.3. The Kier molecular flexibility index (Phi) is 6.78. The summed E-state index contributed by atoms with van der Waals surface area (Å²) in [4.78, 5) is 19.7. The summed E-state index contributed by atoms with van der Waals surface area (Å²) < 4.78 is 26.2. The van der Waals surface area contributed by atoms with E-state index in [4.69, 9.17) is 4.98 Å². The quantitative estimate of drug-likeness (QED) is 0.540. The zero-order valence-corrected chi connectivity index (χ0v) is 21.0. The van der Waals surface area contributed by atoms with Crippen LogP contribution in [0.4, 0.5) is 0 Å². The highest BCUT2D eigenvalue weighted by Crippen LogP contribution is 2.52. The van der Waals surface area contributed by atoms with Gasteiger partial charge in [0.1, 0.15) is 0 Å². The van der Waals surface area contributed by atoms with Crippen LogP contribution >= 0.6 is 11.8 Å². The molecule has 5 atom stereocenters. The van der Waals surface area contributed by atoms with Crippen LogP contribution in [-0.2, 0) is 14.6 Å². The topological polar surface area (TPSA) is 72.3 Å². The Labute approximate surface area is 191 Å². The standard InChI is InChI=1S/C23H37N3O3S2/c1-5-9-25(20-8-10-31(28,29)14-20)22(27)13-30-23-24-15(2)16(3)26(23)17(4)21-12-18-6-7-19(21)11-18/h17-21H,5-14H2,1-4H3/t17-,18+,19+,20+,21-/m1/s1. The Balaban J connectivity index is 1.46. The molecule has 4 rings (SSSR count). The van der Waals surface area contributed by atoms with Crippen molar-refractivity contribution >= 4 is 27.5 Å². The van der Waals surface area contributed by atoms with Crippen LogP contribution in [0, 0.1) is 31.6 Å². The highest BCUT2D eigenvalue weighted by Gasteiger charge is 2.43. The summed E-state index contributed by atoms with van der Waals surface area (Å²) in [7, 11) is -3.01. The summed E-state index contributed by atoms with van der Waals surface area (Å²) >= 11 is 1.52. The normalized spacial score (nSPS) is 30.1. The van der Waals surface area contributed by atoms with E-state index in [1.54, 1.807) is 0 Å². The predicted octanol–water partition coefficient (Wildman–Crippen LogP) is 4.01. The van der Waals surface area contributed by atoms with Crippen molar-refractivity contribution in [3.8, 4) is 0 Å². The number of imidazole rings is 1. The van der Waals surface area contributed by atoms with E-state index < -0.39 is 9.84 Å². The molecule has 1 aromatic heterocycles. The summed E-state index contributed by atoms with van der Waals surface area (Å²) in [5, 5.41) is 0.939. The molecule has 6 nitrogen and oxygen atoms in total. The Morgan fingerprint density at radius 2 is 2.03 bits per heavy atom. The minimum Gasteiger partial charge on any atom is -0.338 e. The second-order valence-corrected chi connectivity index (χ2v) is 13.1. The first-order chi connectivity index (χ1) is 14.7. The minimum absolute atomic E-state index is 0.0337. The lowest BCUT2D eigenvalue weighted by Gasteiger charge is -2.31. The molecule has 3 aliphatic rings. The molecule has 8 heteroatoms. The van der Waals surface area contributed by atoms with Crippen LogP contribution in [-0.4, -0.2) is 58.6 Å². The number of rotatable bonds is 8. The number of carbonyl (C=O) groups is 1. The van der Waals surface area contributed by atoms with Gasteiger partial charge in [0.25, 0.3) is 0 Å². The molecule has 1 aliphatic heterocycles. The molecule has 0 aromatic carbocycles. The van der Waals surface area contributed by atoms with Gasteiger partial charge in [-0.1, -0.05) is 25.1 Å². The fourth-order valence-electron chi connectivity index (χ4n) is 6.24. The summed E-state index contributed by atoms with van der Waals surface area (Å²) in [6, 6.07) is 0.232. The van der Waals surface area contributed by atoms with Crippen molar-refractivity contribution in [2.24, 2.45) is 17.8 Å². The van der Waals surface area contributed by atoms with Crippen LogP contribution in [0.3, 0.4) is 0 Å². The number of carbonyl (C=O) groups excluding carboxylic acids is 1. The van der Waals surface area contributed by atoms with Crippen molar-refractivity contribution in [1.29, 1.82) is 0 Å². The number of aromatic nitrogens is 2. The van der Waals surface area contributed by atoms with E-state index in [9.17, 15) is 13.2 Å². The van der Waals surface area contributed by atoms with Gasteiger partial charge in [0.2, 0.25) is 5.91 Å². The molecule has 0 N–H and O–H groups in total. The highest BCUT2D eigenvalue weighted by atomic mass is 32.2. The van der Waals surface area contributed by atoms with Gasteiger partial charge >= 0.3 is 0 Å². The monoisotopic (exact) mass is 467 g/mol. The summed E-state index contributed by atoms with van der Waals surface area (Å²) in [5.74, 6) is 3.11. The van der Waals surface area contributed by atoms with E-state index in [-0.39, 0.29) is 23.5 Å². The van der Waals surface area contributed by atoms with Gasteiger partial charge in [-0.2, -0.15) is 0 Å². The van der Waals surface area contributed by atoms with E-state index in [1.165, 1.54) is 43.1 Å². The maximum Gasteiger partial charge on any atom is 0.233 e. The van der Waals surface area contributed by atoms with Crippen LogP contribution in [0.1, 0.15) is 69.8 Å². The first kappa shape index (κ1) is 23.1. The number of nitrogens with zero attached hydrogens (tertiary/aromatic N) is 3. The average Bonchev–Trinajstić information content (AvgIpc) is 3.49. The van der Waals surface area contributed by atoms with Crippen molar-refractivity contribution in [2.45, 2.75) is 83.5 Å². The Bertz CT molecular complexity index is 927. The lowest BCUT2D eigenvalue weighted by atomic mass is 9.84. The zero-order chi connectivity index (χ0) is 22.3. The molecule has 31 heavy (non-hydrogen) atoms. The largest absolute Gasteiger partial charge is 0.338 e.